The molecule has 0 bridgehead atoms. The van der Waals surface area contributed by atoms with Crippen LogP contribution in [0.25, 0.3) is 10.8 Å². The SMILES string of the molecule is CC(C)(C)OC(=O)N1C(COc2ccc(N)c3ccccc23)CCC1C(=O)N1CCCC1C#N. The van der Waals surface area contributed by atoms with Gasteiger partial charge in [0.25, 0.3) is 0 Å². The van der Waals surface area contributed by atoms with Crippen LogP contribution in [0.5, 0.6) is 5.75 Å². The Morgan fingerprint density at radius 3 is 2.56 bits per heavy atom. The van der Waals surface area contributed by atoms with Crippen LogP contribution in [0, 0.1) is 11.3 Å². The van der Waals surface area contributed by atoms with E-state index in [1.807, 2.05) is 30.3 Å². The third kappa shape index (κ3) is 4.74. The topological polar surface area (TPSA) is 109 Å². The second kappa shape index (κ2) is 9.41. The fourth-order valence-corrected chi connectivity index (χ4v) is 4.84. The van der Waals surface area contributed by atoms with Gasteiger partial charge in [-0.2, -0.15) is 5.26 Å². The summed E-state index contributed by atoms with van der Waals surface area (Å²) in [6.07, 6.45) is 2.03. The van der Waals surface area contributed by atoms with Crippen LogP contribution >= 0.6 is 0 Å². The van der Waals surface area contributed by atoms with E-state index in [0.29, 0.717) is 37.2 Å². The molecule has 0 radical (unpaired) electrons. The summed E-state index contributed by atoms with van der Waals surface area (Å²) in [6, 6.07) is 12.1. The number of nitrogen functional groups attached to an aromatic ring is 1. The molecule has 8 nitrogen and oxygen atoms in total. The quantitative estimate of drug-likeness (QED) is 0.683. The molecule has 180 valence electrons. The van der Waals surface area contributed by atoms with Crippen molar-refractivity contribution >= 4 is 28.5 Å². The third-order valence-electron chi connectivity index (χ3n) is 6.43. The van der Waals surface area contributed by atoms with Crippen LogP contribution in [0.4, 0.5) is 10.5 Å². The standard InChI is InChI=1S/C26H32N4O4/c1-26(2,3)34-25(32)30-18(10-12-22(30)24(31)29-14-6-7-17(29)15-27)16-33-23-13-11-21(28)19-8-4-5-9-20(19)23/h4-5,8-9,11,13,17-18,22H,6-7,10,12,14,16,28H2,1-3H3. The van der Waals surface area contributed by atoms with Crippen LogP contribution < -0.4 is 10.5 Å². The minimum Gasteiger partial charge on any atom is -0.491 e. The Morgan fingerprint density at radius 2 is 1.85 bits per heavy atom. The summed E-state index contributed by atoms with van der Waals surface area (Å²) in [4.78, 5) is 29.8. The van der Waals surface area contributed by atoms with Gasteiger partial charge in [-0.15, -0.1) is 0 Å². The number of rotatable bonds is 4. The molecule has 2 N–H and O–H groups in total. The molecular weight excluding hydrogens is 432 g/mol. The number of ether oxygens (including phenoxy) is 2. The molecule has 34 heavy (non-hydrogen) atoms. The van der Waals surface area contributed by atoms with Crippen LogP contribution in [-0.2, 0) is 9.53 Å². The van der Waals surface area contributed by atoms with Gasteiger partial charge in [0.15, 0.2) is 0 Å². The Hall–Kier alpha value is -3.47. The molecule has 2 fully saturated rings. The van der Waals surface area contributed by atoms with Crippen LogP contribution in [0.3, 0.4) is 0 Å². The molecule has 2 heterocycles. The average molecular weight is 465 g/mol. The summed E-state index contributed by atoms with van der Waals surface area (Å²) in [5, 5.41) is 11.2. The second-order valence-electron chi connectivity index (χ2n) is 9.96. The minimum atomic E-state index is -0.700. The maximum absolute atomic E-state index is 13.4. The van der Waals surface area contributed by atoms with E-state index >= 15 is 0 Å². The lowest BCUT2D eigenvalue weighted by Crippen LogP contribution is -2.53. The number of hydrogen-bond acceptors (Lipinski definition) is 6. The maximum atomic E-state index is 13.4. The van der Waals surface area contributed by atoms with Gasteiger partial charge in [0.1, 0.15) is 30.0 Å². The van der Waals surface area contributed by atoms with E-state index < -0.39 is 23.8 Å². The fraction of sp³-hybridized carbons (Fsp3) is 0.500. The van der Waals surface area contributed by atoms with Crippen LogP contribution in [-0.4, -0.2) is 58.7 Å². The van der Waals surface area contributed by atoms with Gasteiger partial charge >= 0.3 is 6.09 Å². The first-order valence-electron chi connectivity index (χ1n) is 11.8. The second-order valence-corrected chi connectivity index (χ2v) is 9.96. The van der Waals surface area contributed by atoms with Crippen molar-refractivity contribution in [3.05, 3.63) is 36.4 Å². The molecular formula is C26H32N4O4. The van der Waals surface area contributed by atoms with Gasteiger partial charge in [-0.05, 0) is 58.6 Å². The van der Waals surface area contributed by atoms with E-state index in [1.54, 1.807) is 31.7 Å². The normalized spacial score (nSPS) is 22.6. The van der Waals surface area contributed by atoms with Crippen molar-refractivity contribution in [2.45, 2.75) is 70.2 Å². The molecule has 2 aromatic carbocycles. The maximum Gasteiger partial charge on any atom is 0.411 e. The molecule has 0 aliphatic carbocycles. The highest BCUT2D eigenvalue weighted by atomic mass is 16.6. The Morgan fingerprint density at radius 1 is 1.12 bits per heavy atom. The van der Waals surface area contributed by atoms with E-state index in [2.05, 4.69) is 6.07 Å². The first-order valence-corrected chi connectivity index (χ1v) is 11.8. The van der Waals surface area contributed by atoms with Crippen molar-refractivity contribution in [2.24, 2.45) is 0 Å². The van der Waals surface area contributed by atoms with Crippen LogP contribution in [0.1, 0.15) is 46.5 Å². The molecule has 0 aromatic heterocycles. The summed E-state index contributed by atoms with van der Waals surface area (Å²) in [5.74, 6) is 0.489. The van der Waals surface area contributed by atoms with E-state index in [1.165, 1.54) is 4.90 Å². The lowest BCUT2D eigenvalue weighted by molar-refractivity contribution is -0.136. The van der Waals surface area contributed by atoms with Crippen molar-refractivity contribution < 1.29 is 19.1 Å². The number of anilines is 1. The number of amides is 2. The molecule has 0 saturated carbocycles. The molecule has 3 atom stereocenters. The highest BCUT2D eigenvalue weighted by Crippen LogP contribution is 2.33. The smallest absolute Gasteiger partial charge is 0.411 e. The zero-order valence-corrected chi connectivity index (χ0v) is 20.0. The van der Waals surface area contributed by atoms with Gasteiger partial charge in [0.2, 0.25) is 5.91 Å². The number of nitrogens with two attached hydrogens (primary N) is 1. The molecule has 2 amide bonds. The average Bonchev–Trinajstić information content (AvgIpc) is 3.44. The minimum absolute atomic E-state index is 0.185. The first kappa shape index (κ1) is 23.7. The molecule has 2 saturated heterocycles. The zero-order valence-electron chi connectivity index (χ0n) is 20.0. The predicted molar refractivity (Wildman–Crippen MR) is 129 cm³/mol. The lowest BCUT2D eigenvalue weighted by atomic mass is 10.1. The third-order valence-corrected chi connectivity index (χ3v) is 6.43. The summed E-state index contributed by atoms with van der Waals surface area (Å²) in [6.45, 7) is 6.16. The van der Waals surface area contributed by atoms with Crippen molar-refractivity contribution in [1.82, 2.24) is 9.80 Å². The summed E-state index contributed by atoms with van der Waals surface area (Å²) < 4.78 is 11.8. The number of carbonyl (C=O) groups is 2. The van der Waals surface area contributed by atoms with Crippen LogP contribution in [0.15, 0.2) is 36.4 Å². The molecule has 2 aromatic rings. The Bertz CT molecular complexity index is 1120. The molecule has 8 heteroatoms. The summed E-state index contributed by atoms with van der Waals surface area (Å²) in [5.41, 5.74) is 6.08. The molecule has 3 unspecified atom stereocenters. The van der Waals surface area contributed by atoms with Gasteiger partial charge < -0.3 is 20.1 Å². The molecule has 2 aliphatic rings. The number of likely N-dealkylation sites (tertiary alicyclic amines) is 2. The van der Waals surface area contributed by atoms with Crippen molar-refractivity contribution in [1.29, 1.82) is 5.26 Å². The first-order chi connectivity index (χ1) is 16.2. The van der Waals surface area contributed by atoms with Gasteiger partial charge in [0, 0.05) is 23.0 Å². The lowest BCUT2D eigenvalue weighted by Gasteiger charge is -2.34. The van der Waals surface area contributed by atoms with Gasteiger partial charge in [-0.1, -0.05) is 24.3 Å². The fourth-order valence-electron chi connectivity index (χ4n) is 4.84. The zero-order chi connectivity index (χ0) is 24.5. The highest BCUT2D eigenvalue weighted by molar-refractivity contribution is 5.97. The van der Waals surface area contributed by atoms with E-state index in [9.17, 15) is 14.9 Å². The van der Waals surface area contributed by atoms with Crippen molar-refractivity contribution in [3.63, 3.8) is 0 Å². The number of nitrogens with zero attached hydrogens (tertiary/aromatic N) is 3. The van der Waals surface area contributed by atoms with E-state index in [0.717, 1.165) is 17.2 Å². The number of benzene rings is 2. The largest absolute Gasteiger partial charge is 0.491 e. The number of nitriles is 1. The number of fused-ring (bicyclic) bond motifs is 1. The van der Waals surface area contributed by atoms with Gasteiger partial charge in [0.05, 0.1) is 12.1 Å². The van der Waals surface area contributed by atoms with E-state index in [4.69, 9.17) is 15.2 Å². The number of hydrogen-bond donors (Lipinski definition) is 1. The molecule has 2 aliphatic heterocycles. The highest BCUT2D eigenvalue weighted by Gasteiger charge is 2.46. The summed E-state index contributed by atoms with van der Waals surface area (Å²) >= 11 is 0. The molecule has 0 spiro atoms. The van der Waals surface area contributed by atoms with Crippen molar-refractivity contribution in [3.8, 4) is 11.8 Å². The molecule has 4 rings (SSSR count). The Labute approximate surface area is 200 Å². The van der Waals surface area contributed by atoms with Gasteiger partial charge in [-0.25, -0.2) is 4.79 Å². The predicted octanol–water partition coefficient (Wildman–Crippen LogP) is 4.08. The van der Waals surface area contributed by atoms with Crippen molar-refractivity contribution in [2.75, 3.05) is 18.9 Å². The van der Waals surface area contributed by atoms with Crippen LogP contribution in [0.2, 0.25) is 0 Å². The summed E-state index contributed by atoms with van der Waals surface area (Å²) in [7, 11) is 0. The van der Waals surface area contributed by atoms with Gasteiger partial charge in [-0.3, -0.25) is 9.69 Å². The monoisotopic (exact) mass is 464 g/mol. The van der Waals surface area contributed by atoms with E-state index in [-0.39, 0.29) is 18.6 Å². The Kier molecular flexibility index (Phi) is 6.56. The Balaban J connectivity index is 1.56. The number of carbonyl (C=O) groups excluding carboxylic acids is 2.